The Kier molecular flexibility index (Phi) is 12.9. The van der Waals surface area contributed by atoms with E-state index in [2.05, 4.69) is 350 Å². The second-order valence-corrected chi connectivity index (χ2v) is 21.6. The summed E-state index contributed by atoms with van der Waals surface area (Å²) in [4.78, 5) is 4.75. The van der Waals surface area contributed by atoms with Crippen LogP contribution in [0.2, 0.25) is 0 Å². The van der Waals surface area contributed by atoms with Gasteiger partial charge in [0, 0.05) is 33.5 Å². The standard InChI is InChI=1S/C82H56N2/c1-7-23-61(24-8-1)81-73-49-45-59(41-39-57-43-47-63-55-79(71-37-21-19-35-69(71)75(63)51-57)83(65-27-11-3-12-28-65)66-29-13-4-14-30-66)53-77(73)78-54-60(46-50-74(78)82(81)62-25-9-2-10-26-62)42-40-58-44-48-64-56-80(72-38-22-20-36-70(72)76(64)52-58)84(67-31-15-5-16-32-67)68-33-17-6-18-34-68/h1-56H/b41-39+,42-40+. The van der Waals surface area contributed by atoms with Gasteiger partial charge in [-0.15, -0.1) is 0 Å². The minimum Gasteiger partial charge on any atom is -0.310 e. The highest BCUT2D eigenvalue weighted by Crippen LogP contribution is 2.47. The van der Waals surface area contributed by atoms with E-state index in [-0.39, 0.29) is 0 Å². The molecule has 394 valence electrons. The Morgan fingerprint density at radius 2 is 0.464 bits per heavy atom. The van der Waals surface area contributed by atoms with Crippen molar-refractivity contribution < 1.29 is 0 Å². The Hall–Kier alpha value is -11.1. The quantitative estimate of drug-likeness (QED) is 0.0889. The first-order valence-corrected chi connectivity index (χ1v) is 28.9. The third kappa shape index (κ3) is 9.32. The number of rotatable bonds is 12. The lowest BCUT2D eigenvalue weighted by molar-refractivity contribution is 1.30. The van der Waals surface area contributed by atoms with E-state index in [0.29, 0.717) is 0 Å². The van der Waals surface area contributed by atoms with Crippen molar-refractivity contribution in [3.63, 3.8) is 0 Å². The first-order chi connectivity index (χ1) is 41.7. The molecular formula is C82H56N2. The molecule has 84 heavy (non-hydrogen) atoms. The molecule has 0 bridgehead atoms. The Labute approximate surface area is 490 Å². The predicted octanol–water partition coefficient (Wildman–Crippen LogP) is 23.2. The molecule has 0 saturated carbocycles. The summed E-state index contributed by atoms with van der Waals surface area (Å²) in [6.45, 7) is 0. The van der Waals surface area contributed by atoms with Crippen LogP contribution >= 0.6 is 0 Å². The SMILES string of the molecule is C(=C\c1ccc2c(-c3ccccc3)c(-c3ccccc3)c3ccc(/C=C/c4ccc5cc(N(c6ccccc6)c6ccccc6)c6ccccc6c5c4)cc3c2c1)/c1ccc2cc(N(c3ccccc3)c3ccccc3)c3ccccc3c2c1. The fourth-order valence-electron chi connectivity index (χ4n) is 12.6. The molecule has 0 spiro atoms. The number of hydrogen-bond acceptors (Lipinski definition) is 2. The van der Waals surface area contributed by atoms with Gasteiger partial charge < -0.3 is 9.80 Å². The molecule has 0 heterocycles. The Morgan fingerprint density at radius 3 is 0.798 bits per heavy atom. The number of hydrogen-bond donors (Lipinski definition) is 0. The molecule has 0 aliphatic carbocycles. The lowest BCUT2D eigenvalue weighted by atomic mass is 9.84. The molecule has 0 atom stereocenters. The van der Waals surface area contributed by atoms with Crippen molar-refractivity contribution in [1.82, 2.24) is 0 Å². The Morgan fingerprint density at radius 1 is 0.190 bits per heavy atom. The first-order valence-electron chi connectivity index (χ1n) is 28.9. The van der Waals surface area contributed by atoms with E-state index < -0.39 is 0 Å². The maximum absolute atomic E-state index is 2.40. The summed E-state index contributed by atoms with van der Waals surface area (Å²) in [6, 6.07) is 115. The number of para-hydroxylation sites is 4. The lowest BCUT2D eigenvalue weighted by Gasteiger charge is -2.27. The first kappa shape index (κ1) is 49.9. The zero-order valence-corrected chi connectivity index (χ0v) is 46.2. The predicted molar refractivity (Wildman–Crippen MR) is 362 cm³/mol. The molecule has 15 rings (SSSR count). The fourth-order valence-corrected chi connectivity index (χ4v) is 12.6. The number of nitrogens with zero attached hydrogens (tertiary/aromatic N) is 2. The average molecular weight is 1070 g/mol. The van der Waals surface area contributed by atoms with E-state index >= 15 is 0 Å². The van der Waals surface area contributed by atoms with Crippen LogP contribution in [0.4, 0.5) is 34.1 Å². The van der Waals surface area contributed by atoms with Gasteiger partial charge in [0.2, 0.25) is 0 Å². The van der Waals surface area contributed by atoms with Crippen molar-refractivity contribution >= 4 is 123 Å². The van der Waals surface area contributed by atoms with Crippen molar-refractivity contribution in [3.8, 4) is 22.3 Å². The maximum atomic E-state index is 2.40. The van der Waals surface area contributed by atoms with E-state index in [0.717, 1.165) is 56.4 Å². The number of fused-ring (bicyclic) bond motifs is 9. The van der Waals surface area contributed by atoms with Gasteiger partial charge in [0.25, 0.3) is 0 Å². The van der Waals surface area contributed by atoms with Crippen molar-refractivity contribution in [3.05, 3.63) is 338 Å². The summed E-state index contributed by atoms with van der Waals surface area (Å²) in [5.74, 6) is 0. The van der Waals surface area contributed by atoms with Crippen LogP contribution in [0.25, 0.3) is 111 Å². The minimum atomic E-state index is 1.12. The Bertz CT molecular complexity index is 4580. The zero-order chi connectivity index (χ0) is 55.8. The van der Waals surface area contributed by atoms with Crippen LogP contribution in [0.15, 0.2) is 315 Å². The molecule has 15 aromatic carbocycles. The summed E-state index contributed by atoms with van der Waals surface area (Å²) >= 11 is 0. The van der Waals surface area contributed by atoms with Crippen molar-refractivity contribution in [2.45, 2.75) is 0 Å². The molecule has 0 unspecified atom stereocenters. The maximum Gasteiger partial charge on any atom is 0.0546 e. The largest absolute Gasteiger partial charge is 0.310 e. The molecule has 0 fully saturated rings. The molecule has 2 nitrogen and oxygen atoms in total. The molecule has 0 saturated heterocycles. The minimum absolute atomic E-state index is 1.12. The van der Waals surface area contributed by atoms with Gasteiger partial charge in [0.05, 0.1) is 11.4 Å². The summed E-state index contributed by atoms with van der Waals surface area (Å²) in [5.41, 5.74) is 16.2. The van der Waals surface area contributed by atoms with Gasteiger partial charge in [-0.1, -0.05) is 255 Å². The van der Waals surface area contributed by atoms with Crippen LogP contribution in [0.1, 0.15) is 22.3 Å². The smallest absolute Gasteiger partial charge is 0.0546 e. The molecule has 0 aromatic heterocycles. The van der Waals surface area contributed by atoms with E-state index in [4.69, 9.17) is 0 Å². The summed E-state index contributed by atoms with van der Waals surface area (Å²) in [6.07, 6.45) is 9.10. The van der Waals surface area contributed by atoms with Gasteiger partial charge in [-0.2, -0.15) is 0 Å². The second-order valence-electron chi connectivity index (χ2n) is 21.6. The van der Waals surface area contributed by atoms with Gasteiger partial charge in [0.15, 0.2) is 0 Å². The third-order valence-corrected chi connectivity index (χ3v) is 16.5. The molecule has 0 aliphatic heterocycles. The third-order valence-electron chi connectivity index (χ3n) is 16.5. The normalized spacial score (nSPS) is 11.7. The molecule has 0 aliphatic rings. The highest BCUT2D eigenvalue weighted by molar-refractivity contribution is 6.23. The van der Waals surface area contributed by atoms with Crippen LogP contribution in [0, 0.1) is 0 Å². The van der Waals surface area contributed by atoms with E-state index in [1.165, 1.54) is 86.9 Å². The molecule has 0 N–H and O–H groups in total. The van der Waals surface area contributed by atoms with Gasteiger partial charge >= 0.3 is 0 Å². The van der Waals surface area contributed by atoms with E-state index in [9.17, 15) is 0 Å². The summed E-state index contributed by atoms with van der Waals surface area (Å²) < 4.78 is 0. The molecule has 15 aromatic rings. The average Bonchev–Trinajstić information content (AvgIpc) is 1.90. The summed E-state index contributed by atoms with van der Waals surface area (Å²) in [7, 11) is 0. The zero-order valence-electron chi connectivity index (χ0n) is 46.2. The molecule has 0 amide bonds. The van der Waals surface area contributed by atoms with Crippen LogP contribution in [0.5, 0.6) is 0 Å². The summed E-state index contributed by atoms with van der Waals surface area (Å²) in [5, 5.41) is 14.6. The fraction of sp³-hybridized carbons (Fsp3) is 0. The van der Waals surface area contributed by atoms with Crippen molar-refractivity contribution in [1.29, 1.82) is 0 Å². The van der Waals surface area contributed by atoms with Gasteiger partial charge in [-0.25, -0.2) is 0 Å². The van der Waals surface area contributed by atoms with Gasteiger partial charge in [0.1, 0.15) is 0 Å². The van der Waals surface area contributed by atoms with Gasteiger partial charge in [-0.05, 0) is 183 Å². The second kappa shape index (κ2) is 21.8. The topological polar surface area (TPSA) is 6.48 Å². The lowest BCUT2D eigenvalue weighted by Crippen LogP contribution is -2.10. The molecule has 0 radical (unpaired) electrons. The number of benzene rings is 15. The monoisotopic (exact) mass is 1070 g/mol. The molecule has 2 heteroatoms. The Balaban J connectivity index is 0.834. The number of anilines is 6. The van der Waals surface area contributed by atoms with E-state index in [1.807, 2.05) is 0 Å². The highest BCUT2D eigenvalue weighted by Gasteiger charge is 2.21. The van der Waals surface area contributed by atoms with Crippen molar-refractivity contribution in [2.75, 3.05) is 9.80 Å². The van der Waals surface area contributed by atoms with Gasteiger partial charge in [-0.3, -0.25) is 0 Å². The van der Waals surface area contributed by atoms with Crippen LogP contribution in [-0.2, 0) is 0 Å². The van der Waals surface area contributed by atoms with Crippen LogP contribution < -0.4 is 9.80 Å². The van der Waals surface area contributed by atoms with Crippen LogP contribution in [0.3, 0.4) is 0 Å². The highest BCUT2D eigenvalue weighted by atomic mass is 15.1. The van der Waals surface area contributed by atoms with E-state index in [1.54, 1.807) is 0 Å². The van der Waals surface area contributed by atoms with Crippen LogP contribution in [-0.4, -0.2) is 0 Å². The molecular weight excluding hydrogens is 1010 g/mol. The van der Waals surface area contributed by atoms with Crippen molar-refractivity contribution in [2.24, 2.45) is 0 Å².